The van der Waals surface area contributed by atoms with Crippen molar-refractivity contribution in [3.05, 3.63) is 28.3 Å². The highest BCUT2D eigenvalue weighted by Crippen LogP contribution is 2.25. The van der Waals surface area contributed by atoms with Gasteiger partial charge < -0.3 is 15.0 Å². The van der Waals surface area contributed by atoms with E-state index in [4.69, 9.17) is 4.74 Å². The van der Waals surface area contributed by atoms with Gasteiger partial charge in [-0.15, -0.1) is 0 Å². The average Bonchev–Trinajstić information content (AvgIpc) is 2.37. The third-order valence-electron chi connectivity index (χ3n) is 3.01. The number of ether oxygens (including phenoxy) is 1. The second-order valence-corrected chi connectivity index (χ2v) is 4.68. The summed E-state index contributed by atoms with van der Waals surface area (Å²) in [5, 5.41) is 14.0. The molecule has 6 nitrogen and oxygen atoms in total. The summed E-state index contributed by atoms with van der Waals surface area (Å²) in [6.07, 6.45) is 0. The Morgan fingerprint density at radius 3 is 2.63 bits per heavy atom. The maximum Gasteiger partial charge on any atom is 0.275 e. The van der Waals surface area contributed by atoms with Gasteiger partial charge in [-0.25, -0.2) is 0 Å². The molecule has 1 aromatic carbocycles. The average molecular weight is 267 g/mol. The maximum absolute atomic E-state index is 10.8. The molecule has 0 unspecified atom stereocenters. The van der Waals surface area contributed by atoms with Crippen LogP contribution in [0.3, 0.4) is 0 Å². The Labute approximate surface area is 113 Å². The van der Waals surface area contributed by atoms with Crippen LogP contribution in [0.5, 0.6) is 5.75 Å². The molecule has 0 spiro atoms. The Kier molecular flexibility index (Phi) is 5.57. The molecule has 6 heteroatoms. The second kappa shape index (κ2) is 6.94. The van der Waals surface area contributed by atoms with Gasteiger partial charge in [0.1, 0.15) is 5.75 Å². The fourth-order valence-corrected chi connectivity index (χ4v) is 1.54. The number of nitrogens with one attached hydrogen (secondary N) is 1. The van der Waals surface area contributed by atoms with Gasteiger partial charge in [0.2, 0.25) is 0 Å². The van der Waals surface area contributed by atoms with E-state index >= 15 is 0 Å². The highest BCUT2D eigenvalue weighted by atomic mass is 16.6. The molecular weight excluding hydrogens is 246 g/mol. The maximum atomic E-state index is 10.8. The van der Waals surface area contributed by atoms with Crippen LogP contribution in [-0.4, -0.2) is 43.1 Å². The zero-order valence-corrected chi connectivity index (χ0v) is 11.8. The summed E-state index contributed by atoms with van der Waals surface area (Å²) in [6.45, 7) is 5.83. The molecule has 1 aromatic rings. The summed E-state index contributed by atoms with van der Waals surface area (Å²) in [4.78, 5) is 12.6. The number of nitro groups is 1. The summed E-state index contributed by atoms with van der Waals surface area (Å²) in [7, 11) is 3.54. The molecule has 0 aromatic heterocycles. The van der Waals surface area contributed by atoms with Gasteiger partial charge in [-0.1, -0.05) is 0 Å². The van der Waals surface area contributed by atoms with E-state index in [1.54, 1.807) is 6.07 Å². The topological polar surface area (TPSA) is 67.6 Å². The number of hydrogen-bond acceptors (Lipinski definition) is 5. The first-order valence-corrected chi connectivity index (χ1v) is 6.21. The van der Waals surface area contributed by atoms with Crippen molar-refractivity contribution in [3.63, 3.8) is 0 Å². The lowest BCUT2D eigenvalue weighted by Gasteiger charge is -2.21. The molecule has 0 aliphatic carbocycles. The lowest BCUT2D eigenvalue weighted by molar-refractivity contribution is -0.384. The summed E-state index contributed by atoms with van der Waals surface area (Å²) in [6, 6.07) is 5.15. The Balaban J connectivity index is 2.67. The molecule has 0 bridgehead atoms. The Bertz CT molecular complexity index is 435. The molecule has 1 N–H and O–H groups in total. The van der Waals surface area contributed by atoms with Crippen LogP contribution in [0.4, 0.5) is 11.4 Å². The van der Waals surface area contributed by atoms with Crippen molar-refractivity contribution in [2.24, 2.45) is 0 Å². The lowest BCUT2D eigenvalue weighted by Crippen LogP contribution is -2.31. The fraction of sp³-hybridized carbons (Fsp3) is 0.538. The van der Waals surface area contributed by atoms with E-state index in [1.165, 1.54) is 19.2 Å². The first kappa shape index (κ1) is 15.2. The van der Waals surface area contributed by atoms with Crippen LogP contribution in [0, 0.1) is 10.1 Å². The van der Waals surface area contributed by atoms with Crippen LogP contribution < -0.4 is 10.1 Å². The van der Waals surface area contributed by atoms with Gasteiger partial charge in [-0.05, 0) is 20.9 Å². The highest BCUT2D eigenvalue weighted by molar-refractivity contribution is 5.56. The van der Waals surface area contributed by atoms with Crippen molar-refractivity contribution in [1.29, 1.82) is 0 Å². The molecule has 0 atom stereocenters. The quantitative estimate of drug-likeness (QED) is 0.606. The zero-order valence-electron chi connectivity index (χ0n) is 11.8. The Morgan fingerprint density at radius 2 is 2.11 bits per heavy atom. The predicted octanol–water partition coefficient (Wildman–Crippen LogP) is 2.36. The third-order valence-corrected chi connectivity index (χ3v) is 3.01. The van der Waals surface area contributed by atoms with E-state index in [0.29, 0.717) is 17.5 Å². The molecule has 0 heterocycles. The Morgan fingerprint density at radius 1 is 1.42 bits per heavy atom. The van der Waals surface area contributed by atoms with Gasteiger partial charge in [0.05, 0.1) is 18.1 Å². The number of anilines is 1. The van der Waals surface area contributed by atoms with Crippen molar-refractivity contribution < 1.29 is 9.66 Å². The number of likely N-dealkylation sites (N-methyl/N-ethyl adjacent to an activating group) is 1. The lowest BCUT2D eigenvalue weighted by atomic mass is 10.2. The molecule has 19 heavy (non-hydrogen) atoms. The van der Waals surface area contributed by atoms with E-state index < -0.39 is 4.92 Å². The van der Waals surface area contributed by atoms with Crippen LogP contribution >= 0.6 is 0 Å². The standard InChI is InChI=1S/C13H21N3O3/c1-10(2)15(3)6-5-14-11-7-12(16(17)18)9-13(8-11)19-4/h7-10,14H,5-6H2,1-4H3. The van der Waals surface area contributed by atoms with E-state index in [0.717, 1.165) is 13.1 Å². The molecule has 106 valence electrons. The van der Waals surface area contributed by atoms with Gasteiger partial charge in [-0.3, -0.25) is 10.1 Å². The number of non-ortho nitro benzene ring substituents is 1. The third kappa shape index (κ3) is 4.75. The van der Waals surface area contributed by atoms with Crippen molar-refractivity contribution in [2.75, 3.05) is 32.6 Å². The fourth-order valence-electron chi connectivity index (χ4n) is 1.54. The van der Waals surface area contributed by atoms with Crippen molar-refractivity contribution in [3.8, 4) is 5.75 Å². The molecule has 0 amide bonds. The van der Waals surface area contributed by atoms with Crippen LogP contribution in [-0.2, 0) is 0 Å². The summed E-state index contributed by atoms with van der Waals surface area (Å²) >= 11 is 0. The van der Waals surface area contributed by atoms with E-state index in [-0.39, 0.29) is 5.69 Å². The van der Waals surface area contributed by atoms with Crippen LogP contribution in [0.1, 0.15) is 13.8 Å². The molecular formula is C13H21N3O3. The van der Waals surface area contributed by atoms with E-state index in [2.05, 4.69) is 24.1 Å². The number of nitro benzene ring substituents is 1. The Hall–Kier alpha value is -1.82. The second-order valence-electron chi connectivity index (χ2n) is 4.68. The van der Waals surface area contributed by atoms with E-state index in [9.17, 15) is 10.1 Å². The molecule has 0 radical (unpaired) electrons. The molecule has 0 aliphatic rings. The molecule has 0 saturated carbocycles. The minimum absolute atomic E-state index is 0.0269. The predicted molar refractivity (Wildman–Crippen MR) is 75.9 cm³/mol. The van der Waals surface area contributed by atoms with Gasteiger partial charge in [0, 0.05) is 37.0 Å². The normalized spacial score (nSPS) is 10.8. The summed E-state index contributed by atoms with van der Waals surface area (Å²) in [5.74, 6) is 0.480. The van der Waals surface area contributed by atoms with Gasteiger partial charge in [-0.2, -0.15) is 0 Å². The SMILES string of the molecule is COc1cc(NCCN(C)C(C)C)cc([N+](=O)[O-])c1. The molecule has 0 aliphatic heterocycles. The van der Waals surface area contributed by atoms with Crippen LogP contribution in [0.15, 0.2) is 18.2 Å². The van der Waals surface area contributed by atoms with Gasteiger partial charge in [0.15, 0.2) is 0 Å². The van der Waals surface area contributed by atoms with Crippen molar-refractivity contribution in [1.82, 2.24) is 4.90 Å². The largest absolute Gasteiger partial charge is 0.496 e. The van der Waals surface area contributed by atoms with Crippen LogP contribution in [0.25, 0.3) is 0 Å². The van der Waals surface area contributed by atoms with Gasteiger partial charge >= 0.3 is 0 Å². The van der Waals surface area contributed by atoms with Crippen LogP contribution in [0.2, 0.25) is 0 Å². The molecule has 0 saturated heterocycles. The zero-order chi connectivity index (χ0) is 14.4. The van der Waals surface area contributed by atoms with Crippen molar-refractivity contribution >= 4 is 11.4 Å². The number of hydrogen-bond donors (Lipinski definition) is 1. The number of methoxy groups -OCH3 is 1. The van der Waals surface area contributed by atoms with Gasteiger partial charge in [0.25, 0.3) is 5.69 Å². The van der Waals surface area contributed by atoms with E-state index in [1.807, 2.05) is 7.05 Å². The first-order chi connectivity index (χ1) is 8.93. The smallest absolute Gasteiger partial charge is 0.275 e. The first-order valence-electron chi connectivity index (χ1n) is 6.21. The monoisotopic (exact) mass is 267 g/mol. The van der Waals surface area contributed by atoms with Crippen molar-refractivity contribution in [2.45, 2.75) is 19.9 Å². The number of rotatable bonds is 7. The number of nitrogens with zero attached hydrogens (tertiary/aromatic N) is 2. The minimum Gasteiger partial charge on any atom is -0.496 e. The molecule has 1 rings (SSSR count). The molecule has 0 fully saturated rings. The summed E-state index contributed by atoms with van der Waals surface area (Å²) < 4.78 is 5.06. The summed E-state index contributed by atoms with van der Waals surface area (Å²) in [5.41, 5.74) is 0.724. The number of benzene rings is 1. The highest BCUT2D eigenvalue weighted by Gasteiger charge is 2.10. The minimum atomic E-state index is -0.423.